The molecule has 4 atom stereocenters. The second-order valence-electron chi connectivity index (χ2n) is 26.4. The molecule has 0 radical (unpaired) electrons. The fourth-order valence-corrected chi connectivity index (χ4v) is 14.0. The number of ether oxygens (including phenoxy) is 1. The molecule has 0 fully saturated rings. The molecule has 0 unspecified atom stereocenters. The van der Waals surface area contributed by atoms with Gasteiger partial charge in [0.05, 0.1) is 69.2 Å². The molecule has 22 heteroatoms. The smallest absolute Gasteiger partial charge is 0.348 e. The number of carbonyl (C=O) groups is 6. The zero-order valence-electron chi connectivity index (χ0n) is 58.8. The van der Waals surface area contributed by atoms with Gasteiger partial charge in [0.1, 0.15) is 0 Å². The van der Waals surface area contributed by atoms with E-state index in [0.717, 1.165) is 121 Å². The van der Waals surface area contributed by atoms with Crippen LogP contribution in [0.4, 0.5) is 0 Å². The number of fused-ring (bicyclic) bond motifs is 16. The lowest BCUT2D eigenvalue weighted by molar-refractivity contribution is -0.138. The first-order valence-corrected chi connectivity index (χ1v) is 33.4. The average molecular weight is 1330 g/mol. The van der Waals surface area contributed by atoms with Crippen LogP contribution in [-0.2, 0) is 49.6 Å². The minimum absolute atomic E-state index is 0.0536. The summed E-state index contributed by atoms with van der Waals surface area (Å²) in [5.41, 5.74) is 27.0. The number of carboxylic acid groups (broad SMARTS) is 3. The highest BCUT2D eigenvalue weighted by Crippen LogP contribution is 2.46. The second-order valence-corrected chi connectivity index (χ2v) is 26.4. The number of nitrogens with one attached hydrogen (secondary N) is 5. The number of cyclic esters (lactones) is 2. The number of amides is 1. The predicted molar refractivity (Wildman–Crippen MR) is 385 cm³/mol. The first-order chi connectivity index (χ1) is 46.5. The van der Waals surface area contributed by atoms with Crippen molar-refractivity contribution in [2.75, 3.05) is 54.4 Å². The van der Waals surface area contributed by atoms with Gasteiger partial charge in [-0.3, -0.25) is 29.1 Å². The van der Waals surface area contributed by atoms with Crippen LogP contribution in [0.15, 0.2) is 61.7 Å². The Balaban J connectivity index is 0.000000213. The number of aliphatic carboxylic acids is 2. The molecule has 516 valence electrons. The molecule has 0 spiro atoms. The number of aromatic nitrogens is 8. The van der Waals surface area contributed by atoms with Crippen molar-refractivity contribution in [2.24, 2.45) is 5.73 Å². The van der Waals surface area contributed by atoms with Crippen molar-refractivity contribution in [2.45, 2.75) is 144 Å². The van der Waals surface area contributed by atoms with Crippen molar-refractivity contribution in [1.29, 1.82) is 0 Å². The monoisotopic (exact) mass is 1330 g/mol. The molecule has 5 aliphatic heterocycles. The third-order valence-electron chi connectivity index (χ3n) is 19.6. The molecule has 11 rings (SSSR count). The maximum atomic E-state index is 13.6. The van der Waals surface area contributed by atoms with Crippen LogP contribution in [0.25, 0.3) is 66.4 Å². The molecular weight excluding hydrogens is 1240 g/mol. The Labute approximate surface area is 570 Å². The van der Waals surface area contributed by atoms with Gasteiger partial charge in [-0.05, 0) is 176 Å². The van der Waals surface area contributed by atoms with Crippen molar-refractivity contribution in [3.8, 4) is 0 Å². The summed E-state index contributed by atoms with van der Waals surface area (Å²) in [6.45, 7) is 30.8. The molecule has 0 aromatic carbocycles. The highest BCUT2D eigenvalue weighted by molar-refractivity contribution is 6.09. The maximum Gasteiger partial charge on any atom is 0.348 e. The summed E-state index contributed by atoms with van der Waals surface area (Å²) in [4.78, 5) is 114. The summed E-state index contributed by atoms with van der Waals surface area (Å²) in [7, 11) is 7.84. The Morgan fingerprint density at radius 1 is 0.612 bits per heavy atom. The molecule has 11 heterocycles. The molecule has 98 heavy (non-hydrogen) atoms. The van der Waals surface area contributed by atoms with Crippen LogP contribution in [0, 0.1) is 27.7 Å². The van der Waals surface area contributed by atoms with Crippen LogP contribution >= 0.6 is 0 Å². The summed E-state index contributed by atoms with van der Waals surface area (Å²) in [6, 6.07) is 11.8. The summed E-state index contributed by atoms with van der Waals surface area (Å²) in [5.74, 6) is -5.73. The number of hydrogen-bond donors (Lipinski definition) is 9. The maximum absolute atomic E-state index is 13.6. The molecule has 0 aliphatic carbocycles. The van der Waals surface area contributed by atoms with Crippen LogP contribution in [0.3, 0.4) is 0 Å². The SMILES string of the molecule is C=CC1=C(C)c2cc3nc(c(CC(=O)NCCN(C)C)c4[nH]c(cc5[nH]c(cc1n2)c(C)c5CC)c(C)c4C(=O)O)[C@@H](CCC(=O)O)[C@@H]3C.C=CC1=C(C)c2cc3nc(c4c5[nH]c(cc6[nH]c(cc1n2)c(C)c6CC)c(C)c5C(=O)OC(=O)C4)[C@@H](CCC(=O)O)[C@@H]3C.CN(C)CCN. The summed E-state index contributed by atoms with van der Waals surface area (Å²) in [6.07, 6.45) is 5.24. The number of aromatic carboxylic acids is 1. The molecule has 0 saturated carbocycles. The minimum Gasteiger partial charge on any atom is -0.481 e. The molecule has 10 N–H and O–H groups in total. The third-order valence-corrected chi connectivity index (χ3v) is 19.6. The van der Waals surface area contributed by atoms with Gasteiger partial charge >= 0.3 is 29.8 Å². The van der Waals surface area contributed by atoms with E-state index in [1.54, 1.807) is 13.0 Å². The summed E-state index contributed by atoms with van der Waals surface area (Å²) >= 11 is 0. The van der Waals surface area contributed by atoms with Crippen LogP contribution in [0.2, 0.25) is 0 Å². The van der Waals surface area contributed by atoms with Gasteiger partial charge in [0.2, 0.25) is 5.91 Å². The number of likely N-dealkylation sites (N-methyl/N-ethyl adjacent to an activating group) is 2. The van der Waals surface area contributed by atoms with Crippen molar-refractivity contribution < 1.29 is 48.8 Å². The van der Waals surface area contributed by atoms with Crippen LogP contribution < -0.4 is 11.1 Å². The standard InChI is InChI=1S/C38H46N6O5.C34H34N4O5.C4H12N2/c1-9-23-19(3)27-16-29-21(5)25(11-12-34(46)47)36(42-29)26(15-33(45)39-13-14-44(7)8)37-35(38(48)49)22(6)30(43-37)18-32-24(10-2)20(4)28(41-32)17-31(23)40-27;1-7-19-15(3)23-12-25-17(5)21(9-10-29(39)40)32(37-25)22-11-30(41)43-34(42)31-18(6)26(38-33(22)31)14-28-20(8-2)16(4)24(36-28)13-27(19)35-23;1-6(2)4-3-5/h9,16-18,21,25,41,43H,1,10-15H2,2-8H3,(H,39,45)(H,46,47)(H,48,49);7,12-14,17,21,36,38H,1,8-11H2,2-6H3,(H,39,40);3-5H2,1-2H3/t21-,25-;17-,21-;/m00./s1. The number of carboxylic acids is 3. The molecule has 0 saturated heterocycles. The number of hydrogen-bond acceptors (Lipinski definition) is 14. The lowest BCUT2D eigenvalue weighted by atomic mass is 9.85. The van der Waals surface area contributed by atoms with Crippen molar-refractivity contribution >= 4 is 102 Å². The number of aryl methyl sites for hydroxylation is 6. The zero-order chi connectivity index (χ0) is 71.5. The van der Waals surface area contributed by atoms with E-state index in [1.807, 2.05) is 110 Å². The van der Waals surface area contributed by atoms with Gasteiger partial charge < -0.3 is 60.8 Å². The van der Waals surface area contributed by atoms with Gasteiger partial charge in [0.15, 0.2) is 0 Å². The predicted octanol–water partition coefficient (Wildman–Crippen LogP) is 12.4. The van der Waals surface area contributed by atoms with Crippen molar-refractivity contribution in [3.63, 3.8) is 0 Å². The Bertz CT molecular complexity index is 4690. The van der Waals surface area contributed by atoms with E-state index in [9.17, 15) is 44.1 Å². The highest BCUT2D eigenvalue weighted by Gasteiger charge is 2.37. The molecule has 22 nitrogen and oxygen atoms in total. The topological polar surface area (TPSA) is 332 Å². The van der Waals surface area contributed by atoms with E-state index in [2.05, 4.69) is 71.0 Å². The quantitative estimate of drug-likeness (QED) is 0.0285. The van der Waals surface area contributed by atoms with Crippen LogP contribution in [0.5, 0.6) is 0 Å². The lowest BCUT2D eigenvalue weighted by Crippen LogP contribution is -2.32. The van der Waals surface area contributed by atoms with E-state index in [-0.39, 0.29) is 67.2 Å². The van der Waals surface area contributed by atoms with Gasteiger partial charge in [0, 0.05) is 129 Å². The van der Waals surface area contributed by atoms with E-state index in [1.165, 1.54) is 0 Å². The fourth-order valence-electron chi connectivity index (χ4n) is 14.0. The number of H-pyrrole nitrogens is 4. The van der Waals surface area contributed by atoms with Gasteiger partial charge in [0.25, 0.3) is 0 Å². The molecule has 6 aromatic rings. The number of allylic oxidation sites excluding steroid dienone is 6. The third kappa shape index (κ3) is 14.8. The highest BCUT2D eigenvalue weighted by atomic mass is 16.6. The van der Waals surface area contributed by atoms with E-state index < -0.39 is 29.8 Å². The van der Waals surface area contributed by atoms with Crippen LogP contribution in [0.1, 0.15) is 202 Å². The van der Waals surface area contributed by atoms with Gasteiger partial charge in [-0.2, -0.15) is 0 Å². The van der Waals surface area contributed by atoms with E-state index in [0.29, 0.717) is 86.5 Å². The second kappa shape index (κ2) is 30.2. The summed E-state index contributed by atoms with van der Waals surface area (Å²) < 4.78 is 5.23. The molecule has 6 aromatic heterocycles. The molecule has 1 amide bonds. The number of aromatic amines is 4. The van der Waals surface area contributed by atoms with Crippen molar-refractivity contribution in [3.05, 3.63) is 163 Å². The van der Waals surface area contributed by atoms with Gasteiger partial charge in [-0.1, -0.05) is 53.0 Å². The Morgan fingerprint density at radius 3 is 1.53 bits per heavy atom. The Morgan fingerprint density at radius 2 is 1.08 bits per heavy atom. The Kier molecular flexibility index (Phi) is 22.3. The molecule has 5 aliphatic rings. The molecular formula is C76H92N12O10. The number of nitrogens with zero attached hydrogens (tertiary/aromatic N) is 6. The van der Waals surface area contributed by atoms with Crippen LogP contribution in [-0.4, -0.2) is 155 Å². The minimum atomic E-state index is -1.13. The zero-order valence-corrected chi connectivity index (χ0v) is 58.8. The Hall–Kier alpha value is -9.90. The van der Waals surface area contributed by atoms with E-state index >= 15 is 0 Å². The normalized spacial score (nSPS) is 16.5. The van der Waals surface area contributed by atoms with Gasteiger partial charge in [-0.25, -0.2) is 19.6 Å². The first-order valence-electron chi connectivity index (χ1n) is 33.4. The van der Waals surface area contributed by atoms with Gasteiger partial charge in [-0.15, -0.1) is 0 Å². The number of rotatable bonds is 18. The van der Waals surface area contributed by atoms with Crippen molar-refractivity contribution in [1.82, 2.24) is 55.0 Å². The number of esters is 2. The lowest BCUT2D eigenvalue weighted by Gasteiger charge is -2.18. The molecule has 16 bridgehead atoms. The number of nitrogens with two attached hydrogens (primary N) is 1. The van der Waals surface area contributed by atoms with E-state index in [4.69, 9.17) is 30.4 Å². The summed E-state index contributed by atoms with van der Waals surface area (Å²) in [5, 5.41) is 32.8. The largest absolute Gasteiger partial charge is 0.481 e. The fraction of sp³-hybridized carbons (Fsp3) is 0.395. The first kappa shape index (κ1) is 72.4. The number of carbonyl (C=O) groups excluding carboxylic acids is 3. The average Bonchev–Trinajstić information content (AvgIpc) is 1.50.